The van der Waals surface area contributed by atoms with Crippen molar-refractivity contribution in [3.63, 3.8) is 0 Å². The molecule has 3 aliphatic rings. The molecule has 1 saturated heterocycles. The Hall–Kier alpha value is -1.02. The zero-order valence-corrected chi connectivity index (χ0v) is 13.1. The number of phenolic OH excluding ortho intramolecular Hbond substituents is 1. The van der Waals surface area contributed by atoms with E-state index < -0.39 is 0 Å². The van der Waals surface area contributed by atoms with E-state index in [1.165, 1.54) is 56.9 Å². The molecular weight excluding hydrogens is 258 g/mol. The molecule has 1 heterocycles. The van der Waals surface area contributed by atoms with Crippen molar-refractivity contribution in [2.45, 2.75) is 81.8 Å². The van der Waals surface area contributed by atoms with E-state index in [-0.39, 0.29) is 5.41 Å². The van der Waals surface area contributed by atoms with Crippen LogP contribution in [0, 0.1) is 0 Å². The van der Waals surface area contributed by atoms with Crippen molar-refractivity contribution in [2.75, 3.05) is 0 Å². The van der Waals surface area contributed by atoms with Gasteiger partial charge in [0, 0.05) is 23.5 Å². The van der Waals surface area contributed by atoms with E-state index in [1.807, 2.05) is 12.1 Å². The van der Waals surface area contributed by atoms with Gasteiger partial charge in [-0.2, -0.15) is 0 Å². The molecule has 1 aromatic rings. The number of phenols is 1. The van der Waals surface area contributed by atoms with Crippen LogP contribution in [-0.4, -0.2) is 28.1 Å². The average molecular weight is 285 g/mol. The van der Waals surface area contributed by atoms with Crippen LogP contribution in [0.15, 0.2) is 24.3 Å². The fourth-order valence-electron chi connectivity index (χ4n) is 5.65. The number of nitrogens with zero attached hydrogens (tertiary/aromatic N) is 1. The van der Waals surface area contributed by atoms with Crippen LogP contribution in [0.25, 0.3) is 0 Å². The highest BCUT2D eigenvalue weighted by Gasteiger charge is 2.54. The fraction of sp³-hybridized carbons (Fsp3) is 0.684. The second-order valence-electron chi connectivity index (χ2n) is 7.52. The van der Waals surface area contributed by atoms with Crippen molar-refractivity contribution >= 4 is 0 Å². The summed E-state index contributed by atoms with van der Waals surface area (Å²) in [4.78, 5) is 2.88. The Morgan fingerprint density at radius 1 is 1.10 bits per heavy atom. The maximum Gasteiger partial charge on any atom is 0.115 e. The first-order chi connectivity index (χ1) is 10.2. The molecule has 4 rings (SSSR count). The highest BCUT2D eigenvalue weighted by Crippen LogP contribution is 2.53. The Morgan fingerprint density at radius 2 is 1.86 bits per heavy atom. The van der Waals surface area contributed by atoms with E-state index in [0.29, 0.717) is 11.8 Å². The van der Waals surface area contributed by atoms with Crippen LogP contribution in [0.1, 0.15) is 63.9 Å². The summed E-state index contributed by atoms with van der Waals surface area (Å²) < 4.78 is 0. The zero-order valence-electron chi connectivity index (χ0n) is 13.1. The summed E-state index contributed by atoms with van der Waals surface area (Å²) >= 11 is 0. The second kappa shape index (κ2) is 5.01. The van der Waals surface area contributed by atoms with E-state index in [2.05, 4.69) is 17.9 Å². The normalized spacial score (nSPS) is 37.2. The van der Waals surface area contributed by atoms with Gasteiger partial charge in [0.1, 0.15) is 5.75 Å². The summed E-state index contributed by atoms with van der Waals surface area (Å²) in [7, 11) is 0. The van der Waals surface area contributed by atoms with E-state index >= 15 is 0 Å². The number of likely N-dealkylation sites (tertiary alicyclic amines) is 1. The maximum atomic E-state index is 9.92. The molecule has 2 nitrogen and oxygen atoms in total. The van der Waals surface area contributed by atoms with Crippen LogP contribution >= 0.6 is 0 Å². The lowest BCUT2D eigenvalue weighted by atomic mass is 9.67. The van der Waals surface area contributed by atoms with Gasteiger partial charge in [-0.3, -0.25) is 4.90 Å². The van der Waals surface area contributed by atoms with Gasteiger partial charge in [-0.25, -0.2) is 0 Å². The van der Waals surface area contributed by atoms with Crippen molar-refractivity contribution < 1.29 is 5.11 Å². The standard InChI is InChI=1S/C19H27NO/c1-14-19(15-6-4-10-18(21)12-15)11-5-9-17(13-19)20(14)16-7-2-3-8-16/h4,6,10,12,14,16-17,21H,2-3,5,7-9,11,13H2,1H3. The molecule has 0 radical (unpaired) electrons. The Bertz CT molecular complexity index is 522. The molecule has 114 valence electrons. The summed E-state index contributed by atoms with van der Waals surface area (Å²) in [5.41, 5.74) is 1.66. The monoisotopic (exact) mass is 285 g/mol. The first-order valence-corrected chi connectivity index (χ1v) is 8.78. The van der Waals surface area contributed by atoms with Gasteiger partial charge in [0.15, 0.2) is 0 Å². The van der Waals surface area contributed by atoms with Gasteiger partial charge in [-0.1, -0.05) is 31.4 Å². The Balaban J connectivity index is 1.71. The lowest BCUT2D eigenvalue weighted by Crippen LogP contribution is -2.44. The molecule has 1 aromatic carbocycles. The smallest absolute Gasteiger partial charge is 0.115 e. The SMILES string of the molecule is CC1N(C2CCCC2)C2CCCC1(c1cccc(O)c1)C2. The molecule has 1 N–H and O–H groups in total. The van der Waals surface area contributed by atoms with Crippen LogP contribution in [0.4, 0.5) is 0 Å². The van der Waals surface area contributed by atoms with Crippen LogP contribution in [0.2, 0.25) is 0 Å². The van der Waals surface area contributed by atoms with E-state index in [0.717, 1.165) is 12.1 Å². The van der Waals surface area contributed by atoms with Crippen molar-refractivity contribution in [1.82, 2.24) is 4.90 Å². The van der Waals surface area contributed by atoms with Crippen molar-refractivity contribution in [1.29, 1.82) is 0 Å². The third kappa shape index (κ3) is 2.03. The molecule has 1 aliphatic heterocycles. The van der Waals surface area contributed by atoms with Gasteiger partial charge in [0.05, 0.1) is 0 Å². The first kappa shape index (κ1) is 13.6. The molecule has 2 bridgehead atoms. The second-order valence-corrected chi connectivity index (χ2v) is 7.52. The summed E-state index contributed by atoms with van der Waals surface area (Å²) in [6.45, 7) is 2.45. The predicted molar refractivity (Wildman–Crippen MR) is 85.6 cm³/mol. The molecule has 0 spiro atoms. The molecule has 21 heavy (non-hydrogen) atoms. The van der Waals surface area contributed by atoms with E-state index in [9.17, 15) is 5.11 Å². The van der Waals surface area contributed by atoms with Crippen molar-refractivity contribution in [2.24, 2.45) is 0 Å². The Morgan fingerprint density at radius 3 is 2.62 bits per heavy atom. The minimum Gasteiger partial charge on any atom is -0.508 e. The van der Waals surface area contributed by atoms with Crippen LogP contribution in [0.5, 0.6) is 5.75 Å². The highest BCUT2D eigenvalue weighted by atomic mass is 16.3. The van der Waals surface area contributed by atoms with Gasteiger partial charge in [-0.05, 0) is 56.7 Å². The number of aromatic hydroxyl groups is 1. The van der Waals surface area contributed by atoms with Crippen LogP contribution in [-0.2, 0) is 5.41 Å². The minimum absolute atomic E-state index is 0.282. The van der Waals surface area contributed by atoms with Gasteiger partial charge >= 0.3 is 0 Å². The van der Waals surface area contributed by atoms with Crippen molar-refractivity contribution in [3.05, 3.63) is 29.8 Å². The molecule has 2 heteroatoms. The molecule has 3 fully saturated rings. The third-order valence-electron chi connectivity index (χ3n) is 6.60. The number of rotatable bonds is 2. The highest BCUT2D eigenvalue weighted by molar-refractivity contribution is 5.37. The lowest BCUT2D eigenvalue weighted by molar-refractivity contribution is 0.130. The molecule has 2 aliphatic carbocycles. The van der Waals surface area contributed by atoms with E-state index in [4.69, 9.17) is 0 Å². The first-order valence-electron chi connectivity index (χ1n) is 8.78. The van der Waals surface area contributed by atoms with E-state index in [1.54, 1.807) is 6.07 Å². The van der Waals surface area contributed by atoms with Gasteiger partial charge < -0.3 is 5.11 Å². The third-order valence-corrected chi connectivity index (χ3v) is 6.60. The zero-order chi connectivity index (χ0) is 14.4. The Kier molecular flexibility index (Phi) is 3.25. The Labute approximate surface area is 128 Å². The molecule has 0 amide bonds. The maximum absolute atomic E-state index is 9.92. The predicted octanol–water partition coefficient (Wildman–Crippen LogP) is 4.22. The van der Waals surface area contributed by atoms with Gasteiger partial charge in [0.25, 0.3) is 0 Å². The topological polar surface area (TPSA) is 23.5 Å². The number of hydrogen-bond donors (Lipinski definition) is 1. The minimum atomic E-state index is 0.282. The van der Waals surface area contributed by atoms with Gasteiger partial charge in [-0.15, -0.1) is 0 Å². The fourth-order valence-corrected chi connectivity index (χ4v) is 5.65. The number of benzene rings is 1. The van der Waals surface area contributed by atoms with Crippen LogP contribution in [0.3, 0.4) is 0 Å². The summed E-state index contributed by atoms with van der Waals surface area (Å²) in [6.07, 6.45) is 10.9. The lowest BCUT2D eigenvalue weighted by Gasteiger charge is -2.38. The largest absolute Gasteiger partial charge is 0.508 e. The van der Waals surface area contributed by atoms with Gasteiger partial charge in [0.2, 0.25) is 0 Å². The molecule has 3 atom stereocenters. The average Bonchev–Trinajstić information content (AvgIpc) is 3.07. The summed E-state index contributed by atoms with van der Waals surface area (Å²) in [5, 5.41) is 9.92. The molecule has 0 aromatic heterocycles. The van der Waals surface area contributed by atoms with Crippen molar-refractivity contribution in [3.8, 4) is 5.75 Å². The van der Waals surface area contributed by atoms with Crippen LogP contribution < -0.4 is 0 Å². The number of fused-ring (bicyclic) bond motifs is 2. The summed E-state index contributed by atoms with van der Waals surface area (Å²) in [5.74, 6) is 0.426. The number of hydrogen-bond acceptors (Lipinski definition) is 2. The molecular formula is C19H27NO. The molecule has 3 unspecified atom stereocenters. The quantitative estimate of drug-likeness (QED) is 0.879. The molecule has 2 saturated carbocycles. The summed E-state index contributed by atoms with van der Waals surface area (Å²) in [6, 6.07) is 10.3.